The monoisotopic (exact) mass is 320 g/mol. The minimum atomic E-state index is 0.277. The van der Waals surface area contributed by atoms with E-state index in [4.69, 9.17) is 16.3 Å². The van der Waals surface area contributed by atoms with Crippen molar-refractivity contribution in [1.29, 1.82) is 0 Å². The molecule has 0 radical (unpaired) electrons. The molecule has 2 aromatic rings. The standard InChI is InChI=1S/C16H21ClN4O/c1-4-15-18-19-16-10-20(7-8-21(15)16)11(2)12-5-6-14(22-3)13(17)9-12/h5-6,9,11H,4,7-8,10H2,1-3H3. The highest BCUT2D eigenvalue weighted by molar-refractivity contribution is 6.32. The first-order chi connectivity index (χ1) is 10.6. The summed E-state index contributed by atoms with van der Waals surface area (Å²) in [6.07, 6.45) is 0.927. The molecular weight excluding hydrogens is 300 g/mol. The summed E-state index contributed by atoms with van der Waals surface area (Å²) in [5.74, 6) is 2.84. The van der Waals surface area contributed by atoms with Crippen LogP contribution in [0, 0.1) is 0 Å². The van der Waals surface area contributed by atoms with Gasteiger partial charge in [0.2, 0.25) is 0 Å². The number of fused-ring (bicyclic) bond motifs is 1. The van der Waals surface area contributed by atoms with Gasteiger partial charge in [-0.25, -0.2) is 0 Å². The predicted molar refractivity (Wildman–Crippen MR) is 86.2 cm³/mol. The molecule has 6 heteroatoms. The highest BCUT2D eigenvalue weighted by atomic mass is 35.5. The molecule has 0 aliphatic carbocycles. The topological polar surface area (TPSA) is 43.2 Å². The number of methoxy groups -OCH3 is 1. The van der Waals surface area contributed by atoms with Crippen molar-refractivity contribution in [2.45, 2.75) is 39.4 Å². The molecule has 1 atom stereocenters. The van der Waals surface area contributed by atoms with Crippen LogP contribution in [0.2, 0.25) is 5.02 Å². The van der Waals surface area contributed by atoms with Crippen LogP contribution in [-0.4, -0.2) is 33.3 Å². The molecule has 0 saturated carbocycles. The van der Waals surface area contributed by atoms with Gasteiger partial charge in [0, 0.05) is 25.6 Å². The van der Waals surface area contributed by atoms with Crippen molar-refractivity contribution in [3.05, 3.63) is 40.4 Å². The molecule has 1 aromatic carbocycles. The zero-order valence-corrected chi connectivity index (χ0v) is 14.0. The van der Waals surface area contributed by atoms with E-state index in [-0.39, 0.29) is 6.04 Å². The molecule has 1 aromatic heterocycles. The van der Waals surface area contributed by atoms with E-state index in [9.17, 15) is 0 Å². The highest BCUT2D eigenvalue weighted by Gasteiger charge is 2.25. The fraction of sp³-hybridized carbons (Fsp3) is 0.500. The maximum Gasteiger partial charge on any atom is 0.147 e. The largest absolute Gasteiger partial charge is 0.495 e. The average molecular weight is 321 g/mol. The fourth-order valence-electron chi connectivity index (χ4n) is 2.98. The van der Waals surface area contributed by atoms with Crippen LogP contribution in [0.15, 0.2) is 18.2 Å². The van der Waals surface area contributed by atoms with Crippen LogP contribution in [0.1, 0.15) is 37.1 Å². The van der Waals surface area contributed by atoms with E-state index in [1.54, 1.807) is 7.11 Å². The van der Waals surface area contributed by atoms with E-state index in [0.29, 0.717) is 10.8 Å². The second-order valence-corrected chi connectivity index (χ2v) is 5.99. The molecule has 3 rings (SSSR count). The third kappa shape index (κ3) is 2.71. The maximum atomic E-state index is 6.25. The molecule has 0 saturated heterocycles. The zero-order valence-electron chi connectivity index (χ0n) is 13.2. The van der Waals surface area contributed by atoms with Crippen LogP contribution < -0.4 is 4.74 Å². The highest BCUT2D eigenvalue weighted by Crippen LogP contribution is 2.31. The summed E-state index contributed by atoms with van der Waals surface area (Å²) in [4.78, 5) is 2.40. The fourth-order valence-corrected chi connectivity index (χ4v) is 3.25. The lowest BCUT2D eigenvalue weighted by Crippen LogP contribution is -2.36. The Labute approximate surface area is 135 Å². The molecular formula is C16H21ClN4O. The van der Waals surface area contributed by atoms with Crippen LogP contribution in [0.25, 0.3) is 0 Å². The number of nitrogens with zero attached hydrogens (tertiary/aromatic N) is 4. The van der Waals surface area contributed by atoms with Crippen molar-refractivity contribution in [1.82, 2.24) is 19.7 Å². The Kier molecular flexibility index (Phi) is 4.36. The van der Waals surface area contributed by atoms with Crippen LogP contribution >= 0.6 is 11.6 Å². The molecule has 0 amide bonds. The molecule has 1 unspecified atom stereocenters. The Morgan fingerprint density at radius 2 is 2.14 bits per heavy atom. The van der Waals surface area contributed by atoms with Gasteiger partial charge in [0.15, 0.2) is 0 Å². The number of hydrogen-bond acceptors (Lipinski definition) is 4. The van der Waals surface area contributed by atoms with Crippen molar-refractivity contribution in [3.63, 3.8) is 0 Å². The van der Waals surface area contributed by atoms with Gasteiger partial charge in [-0.1, -0.05) is 24.6 Å². The van der Waals surface area contributed by atoms with Crippen molar-refractivity contribution in [2.75, 3.05) is 13.7 Å². The number of aryl methyl sites for hydroxylation is 1. The van der Waals surface area contributed by atoms with Crippen molar-refractivity contribution in [3.8, 4) is 5.75 Å². The molecule has 0 bridgehead atoms. The van der Waals surface area contributed by atoms with Gasteiger partial charge in [0.25, 0.3) is 0 Å². The van der Waals surface area contributed by atoms with Crippen molar-refractivity contribution in [2.24, 2.45) is 0 Å². The van der Waals surface area contributed by atoms with E-state index < -0.39 is 0 Å². The first kappa shape index (κ1) is 15.3. The van der Waals surface area contributed by atoms with E-state index in [2.05, 4.69) is 39.6 Å². The van der Waals surface area contributed by atoms with Gasteiger partial charge >= 0.3 is 0 Å². The summed E-state index contributed by atoms with van der Waals surface area (Å²) >= 11 is 6.25. The Morgan fingerprint density at radius 1 is 1.32 bits per heavy atom. The lowest BCUT2D eigenvalue weighted by atomic mass is 10.1. The number of halogens is 1. The second kappa shape index (κ2) is 6.26. The first-order valence-corrected chi connectivity index (χ1v) is 8.00. The van der Waals surface area contributed by atoms with Gasteiger partial charge in [-0.05, 0) is 24.6 Å². The van der Waals surface area contributed by atoms with Crippen LogP contribution in [0.5, 0.6) is 5.75 Å². The number of aromatic nitrogens is 3. The number of benzene rings is 1. The van der Waals surface area contributed by atoms with Crippen LogP contribution in [0.4, 0.5) is 0 Å². The van der Waals surface area contributed by atoms with E-state index in [1.807, 2.05) is 12.1 Å². The van der Waals surface area contributed by atoms with E-state index in [0.717, 1.165) is 37.7 Å². The third-order valence-electron chi connectivity index (χ3n) is 4.38. The van der Waals surface area contributed by atoms with Gasteiger partial charge in [0.1, 0.15) is 17.4 Å². The molecule has 0 fully saturated rings. The summed E-state index contributed by atoms with van der Waals surface area (Å²) in [6, 6.07) is 6.27. The zero-order chi connectivity index (χ0) is 15.7. The summed E-state index contributed by atoms with van der Waals surface area (Å²) in [6.45, 7) is 7.07. The molecule has 1 aliphatic rings. The molecule has 0 spiro atoms. The molecule has 5 nitrogen and oxygen atoms in total. The van der Waals surface area contributed by atoms with Gasteiger partial charge in [-0.3, -0.25) is 4.90 Å². The average Bonchev–Trinajstić information content (AvgIpc) is 2.96. The first-order valence-electron chi connectivity index (χ1n) is 7.62. The maximum absolute atomic E-state index is 6.25. The SMILES string of the molecule is CCc1nnc2n1CCN(C(C)c1ccc(OC)c(Cl)c1)C2. The van der Waals surface area contributed by atoms with Crippen LogP contribution in [0.3, 0.4) is 0 Å². The quantitative estimate of drug-likeness (QED) is 0.868. The Balaban J connectivity index is 1.79. The Bertz CT molecular complexity index is 670. The smallest absolute Gasteiger partial charge is 0.147 e. The summed E-state index contributed by atoms with van der Waals surface area (Å²) in [7, 11) is 1.63. The molecule has 2 heterocycles. The summed E-state index contributed by atoms with van der Waals surface area (Å²) < 4.78 is 7.46. The number of ether oxygens (including phenoxy) is 1. The summed E-state index contributed by atoms with van der Waals surface area (Å²) in [5, 5.41) is 9.25. The summed E-state index contributed by atoms with van der Waals surface area (Å²) in [5.41, 5.74) is 1.19. The van der Waals surface area contributed by atoms with Gasteiger partial charge in [-0.2, -0.15) is 0 Å². The minimum absolute atomic E-state index is 0.277. The molecule has 1 aliphatic heterocycles. The molecule has 22 heavy (non-hydrogen) atoms. The lowest BCUT2D eigenvalue weighted by molar-refractivity contribution is 0.162. The molecule has 118 valence electrons. The predicted octanol–water partition coefficient (Wildman–Crippen LogP) is 3.08. The van der Waals surface area contributed by atoms with Crippen LogP contribution in [-0.2, 0) is 19.5 Å². The minimum Gasteiger partial charge on any atom is -0.495 e. The van der Waals surface area contributed by atoms with Gasteiger partial charge in [-0.15, -0.1) is 10.2 Å². The van der Waals surface area contributed by atoms with Gasteiger partial charge < -0.3 is 9.30 Å². The number of rotatable bonds is 4. The van der Waals surface area contributed by atoms with Crippen molar-refractivity contribution < 1.29 is 4.74 Å². The number of hydrogen-bond donors (Lipinski definition) is 0. The van der Waals surface area contributed by atoms with E-state index >= 15 is 0 Å². The second-order valence-electron chi connectivity index (χ2n) is 5.58. The Hall–Kier alpha value is -1.59. The third-order valence-corrected chi connectivity index (χ3v) is 4.68. The van der Waals surface area contributed by atoms with Gasteiger partial charge in [0.05, 0.1) is 18.7 Å². The lowest BCUT2D eigenvalue weighted by Gasteiger charge is -2.33. The Morgan fingerprint density at radius 3 is 2.82 bits per heavy atom. The van der Waals surface area contributed by atoms with Crippen molar-refractivity contribution >= 4 is 11.6 Å². The normalized spacial score (nSPS) is 16.4. The molecule has 0 N–H and O–H groups in total. The van der Waals surface area contributed by atoms with E-state index in [1.165, 1.54) is 5.56 Å².